The summed E-state index contributed by atoms with van der Waals surface area (Å²) >= 11 is 0. The Kier molecular flexibility index (Phi) is 10.6. The zero-order chi connectivity index (χ0) is 29.6. The standard InChI is InChI=1S/C34H48O6/c1-7-32(4,5)24-10-12-26-27-13-11-25(33(6,8-2)9-3)23-29(27)34(28(26)22-24,16-20-39-18-14-30(35)36)17-21-40-19-15-31(37)38/h10-13,22-23H,7-9,14-21H2,1-6H3,(H,35,36)(H,37,38). The summed E-state index contributed by atoms with van der Waals surface area (Å²) in [6.45, 7) is 14.8. The number of carboxylic acid groups (broad SMARTS) is 2. The second-order valence-corrected chi connectivity index (χ2v) is 12.1. The van der Waals surface area contributed by atoms with Gasteiger partial charge in [-0.2, -0.15) is 0 Å². The van der Waals surface area contributed by atoms with E-state index < -0.39 is 17.4 Å². The molecule has 0 heterocycles. The molecule has 0 aliphatic heterocycles. The number of hydrogen-bond donors (Lipinski definition) is 2. The molecule has 0 spiro atoms. The minimum absolute atomic E-state index is 0.0136. The molecule has 6 nitrogen and oxygen atoms in total. The lowest BCUT2D eigenvalue weighted by Crippen LogP contribution is -2.31. The van der Waals surface area contributed by atoms with E-state index in [0.29, 0.717) is 26.1 Å². The highest BCUT2D eigenvalue weighted by molar-refractivity contribution is 5.82. The third kappa shape index (κ3) is 6.77. The van der Waals surface area contributed by atoms with E-state index in [0.717, 1.165) is 19.3 Å². The van der Waals surface area contributed by atoms with Gasteiger partial charge in [-0.15, -0.1) is 0 Å². The first-order chi connectivity index (χ1) is 18.9. The molecule has 3 rings (SSSR count). The van der Waals surface area contributed by atoms with E-state index in [-0.39, 0.29) is 36.9 Å². The molecule has 0 atom stereocenters. The summed E-state index contributed by atoms with van der Waals surface area (Å²) in [6, 6.07) is 13.8. The second-order valence-electron chi connectivity index (χ2n) is 12.1. The van der Waals surface area contributed by atoms with E-state index in [1.807, 2.05) is 0 Å². The lowest BCUT2D eigenvalue weighted by atomic mass is 9.70. The number of fused-ring (bicyclic) bond motifs is 3. The van der Waals surface area contributed by atoms with E-state index in [9.17, 15) is 9.59 Å². The number of hydrogen-bond acceptors (Lipinski definition) is 4. The summed E-state index contributed by atoms with van der Waals surface area (Å²) < 4.78 is 11.8. The van der Waals surface area contributed by atoms with Gasteiger partial charge >= 0.3 is 11.9 Å². The van der Waals surface area contributed by atoms with E-state index in [1.165, 1.54) is 33.4 Å². The Morgan fingerprint density at radius 3 is 1.57 bits per heavy atom. The predicted octanol–water partition coefficient (Wildman–Crippen LogP) is 7.48. The molecule has 0 aromatic heterocycles. The normalized spacial score (nSPS) is 14.2. The van der Waals surface area contributed by atoms with Gasteiger partial charge in [0.1, 0.15) is 0 Å². The van der Waals surface area contributed by atoms with Gasteiger partial charge in [0.25, 0.3) is 0 Å². The van der Waals surface area contributed by atoms with Crippen molar-refractivity contribution in [3.8, 4) is 11.1 Å². The lowest BCUT2D eigenvalue weighted by Gasteiger charge is -2.35. The molecule has 0 amide bonds. The Morgan fingerprint density at radius 1 is 0.700 bits per heavy atom. The maximum absolute atomic E-state index is 11.1. The van der Waals surface area contributed by atoms with Crippen molar-refractivity contribution in [3.63, 3.8) is 0 Å². The van der Waals surface area contributed by atoms with E-state index in [2.05, 4.69) is 77.9 Å². The number of carbonyl (C=O) groups is 2. The summed E-state index contributed by atoms with van der Waals surface area (Å²) in [4.78, 5) is 22.1. The first-order valence-corrected chi connectivity index (χ1v) is 14.8. The van der Waals surface area contributed by atoms with Crippen LogP contribution in [0.2, 0.25) is 0 Å². The van der Waals surface area contributed by atoms with Crippen molar-refractivity contribution in [2.24, 2.45) is 0 Å². The minimum Gasteiger partial charge on any atom is -0.481 e. The van der Waals surface area contributed by atoms with E-state index in [1.54, 1.807) is 0 Å². The van der Waals surface area contributed by atoms with Crippen LogP contribution in [0.4, 0.5) is 0 Å². The van der Waals surface area contributed by atoms with Crippen molar-refractivity contribution in [1.29, 1.82) is 0 Å². The van der Waals surface area contributed by atoms with Crippen molar-refractivity contribution in [2.45, 2.75) is 103 Å². The van der Waals surface area contributed by atoms with Crippen LogP contribution in [0.25, 0.3) is 11.1 Å². The van der Waals surface area contributed by atoms with E-state index >= 15 is 0 Å². The van der Waals surface area contributed by atoms with Crippen molar-refractivity contribution in [3.05, 3.63) is 58.7 Å². The Hall–Kier alpha value is -2.70. The van der Waals surface area contributed by atoms with Crippen LogP contribution >= 0.6 is 0 Å². The maximum atomic E-state index is 11.1. The number of ether oxygens (including phenoxy) is 2. The van der Waals surface area contributed by atoms with Gasteiger partial charge < -0.3 is 19.7 Å². The van der Waals surface area contributed by atoms with Crippen LogP contribution < -0.4 is 0 Å². The first-order valence-electron chi connectivity index (χ1n) is 14.8. The van der Waals surface area contributed by atoms with Gasteiger partial charge in [-0.3, -0.25) is 9.59 Å². The molecular formula is C34H48O6. The molecule has 0 unspecified atom stereocenters. The van der Waals surface area contributed by atoms with Crippen molar-refractivity contribution >= 4 is 11.9 Å². The first kappa shape index (κ1) is 31.8. The number of benzene rings is 2. The minimum atomic E-state index is -0.868. The molecule has 0 fully saturated rings. The fraction of sp³-hybridized carbons (Fsp3) is 0.588. The molecule has 1 aliphatic carbocycles. The van der Waals surface area contributed by atoms with Crippen LogP contribution in [0.3, 0.4) is 0 Å². The molecule has 0 saturated heterocycles. The molecule has 40 heavy (non-hydrogen) atoms. The fourth-order valence-electron chi connectivity index (χ4n) is 5.83. The third-order valence-corrected chi connectivity index (χ3v) is 9.55. The monoisotopic (exact) mass is 552 g/mol. The molecular weight excluding hydrogens is 504 g/mol. The van der Waals surface area contributed by atoms with Crippen molar-refractivity contribution < 1.29 is 29.3 Å². The highest BCUT2D eigenvalue weighted by atomic mass is 16.5. The zero-order valence-corrected chi connectivity index (χ0v) is 25.3. The summed E-state index contributed by atoms with van der Waals surface area (Å²) in [7, 11) is 0. The van der Waals surface area contributed by atoms with Crippen LogP contribution in [0.5, 0.6) is 0 Å². The molecule has 2 aromatic carbocycles. The molecule has 0 bridgehead atoms. The van der Waals surface area contributed by atoms with Gasteiger partial charge in [0.15, 0.2) is 0 Å². The quantitative estimate of drug-likeness (QED) is 0.198. The molecule has 0 saturated carbocycles. The average molecular weight is 553 g/mol. The van der Waals surface area contributed by atoms with Gasteiger partial charge in [0.05, 0.1) is 26.1 Å². The zero-order valence-electron chi connectivity index (χ0n) is 25.3. The summed E-state index contributed by atoms with van der Waals surface area (Å²) in [5.74, 6) is -1.74. The molecule has 2 aromatic rings. The summed E-state index contributed by atoms with van der Waals surface area (Å²) in [5.41, 5.74) is 7.27. The van der Waals surface area contributed by atoms with Gasteiger partial charge in [0, 0.05) is 18.6 Å². The topological polar surface area (TPSA) is 93.1 Å². The summed E-state index contributed by atoms with van der Waals surface area (Å²) in [6.07, 6.45) is 4.40. The Morgan fingerprint density at radius 2 is 1.15 bits per heavy atom. The largest absolute Gasteiger partial charge is 0.481 e. The van der Waals surface area contributed by atoms with Gasteiger partial charge in [-0.25, -0.2) is 0 Å². The number of carboxylic acids is 2. The van der Waals surface area contributed by atoms with Gasteiger partial charge in [-0.1, -0.05) is 77.9 Å². The molecule has 220 valence electrons. The Balaban J connectivity index is 2.14. The smallest absolute Gasteiger partial charge is 0.305 e. The third-order valence-electron chi connectivity index (χ3n) is 9.55. The molecule has 1 aliphatic rings. The number of rotatable bonds is 17. The van der Waals surface area contributed by atoms with Gasteiger partial charge in [0.2, 0.25) is 0 Å². The van der Waals surface area contributed by atoms with Crippen LogP contribution in [-0.2, 0) is 35.3 Å². The number of aliphatic carboxylic acids is 2. The molecule has 2 N–H and O–H groups in total. The van der Waals surface area contributed by atoms with Gasteiger partial charge in [-0.05, 0) is 76.3 Å². The lowest BCUT2D eigenvalue weighted by molar-refractivity contribution is -0.139. The molecule has 0 radical (unpaired) electrons. The average Bonchev–Trinajstić information content (AvgIpc) is 3.20. The van der Waals surface area contributed by atoms with Crippen LogP contribution in [0.15, 0.2) is 36.4 Å². The SMILES string of the molecule is CCC(C)(C)c1ccc2c(c1)C(CCOCCC(=O)O)(CCOCCC(=O)O)c1cc(C(C)(CC)CC)ccc1-2. The fourth-order valence-corrected chi connectivity index (χ4v) is 5.83. The maximum Gasteiger partial charge on any atom is 0.305 e. The predicted molar refractivity (Wildman–Crippen MR) is 159 cm³/mol. The van der Waals surface area contributed by atoms with E-state index in [4.69, 9.17) is 19.7 Å². The second kappa shape index (κ2) is 13.3. The summed E-state index contributed by atoms with van der Waals surface area (Å²) in [5, 5.41) is 18.2. The Bertz CT molecular complexity index is 1150. The van der Waals surface area contributed by atoms with Crippen LogP contribution in [0.1, 0.15) is 109 Å². The molecule has 6 heteroatoms. The van der Waals surface area contributed by atoms with Crippen molar-refractivity contribution in [1.82, 2.24) is 0 Å². The van der Waals surface area contributed by atoms with Crippen LogP contribution in [-0.4, -0.2) is 48.6 Å². The highest BCUT2D eigenvalue weighted by Crippen LogP contribution is 2.54. The highest BCUT2D eigenvalue weighted by Gasteiger charge is 2.44. The van der Waals surface area contributed by atoms with Crippen LogP contribution in [0, 0.1) is 0 Å². The van der Waals surface area contributed by atoms with Crippen molar-refractivity contribution in [2.75, 3.05) is 26.4 Å². The Labute approximate surface area is 240 Å².